The summed E-state index contributed by atoms with van der Waals surface area (Å²) in [5.41, 5.74) is 3.15. The van der Waals surface area contributed by atoms with Crippen LogP contribution >= 0.6 is 15.9 Å². The zero-order chi connectivity index (χ0) is 13.1. The third-order valence-electron chi connectivity index (χ3n) is 2.84. The molecule has 1 heterocycles. The summed E-state index contributed by atoms with van der Waals surface area (Å²) in [5, 5.41) is 3.28. The number of benzene rings is 1. The Balaban J connectivity index is 2.48. The van der Waals surface area contributed by atoms with Crippen molar-refractivity contribution in [2.45, 2.75) is 20.8 Å². The summed E-state index contributed by atoms with van der Waals surface area (Å²) in [6, 6.07) is 8.04. The van der Waals surface area contributed by atoms with Gasteiger partial charge in [0.2, 0.25) is 0 Å². The first-order chi connectivity index (χ1) is 8.61. The van der Waals surface area contributed by atoms with Crippen LogP contribution in [-0.4, -0.2) is 16.5 Å². The van der Waals surface area contributed by atoms with Gasteiger partial charge >= 0.3 is 0 Å². The molecule has 0 bridgehead atoms. The van der Waals surface area contributed by atoms with Gasteiger partial charge < -0.3 is 5.32 Å². The Kier molecular flexibility index (Phi) is 3.97. The number of aromatic nitrogens is 2. The van der Waals surface area contributed by atoms with Crippen molar-refractivity contribution in [2.24, 2.45) is 0 Å². The molecule has 0 fully saturated rings. The molecule has 0 aliphatic rings. The minimum Gasteiger partial charge on any atom is -0.370 e. The van der Waals surface area contributed by atoms with E-state index in [1.54, 1.807) is 0 Å². The van der Waals surface area contributed by atoms with Gasteiger partial charge in [-0.15, -0.1) is 0 Å². The van der Waals surface area contributed by atoms with Crippen LogP contribution in [-0.2, 0) is 0 Å². The zero-order valence-electron chi connectivity index (χ0n) is 10.8. The first kappa shape index (κ1) is 13.0. The van der Waals surface area contributed by atoms with Crippen molar-refractivity contribution in [1.29, 1.82) is 0 Å². The van der Waals surface area contributed by atoms with Crippen LogP contribution in [0.1, 0.15) is 18.2 Å². The van der Waals surface area contributed by atoms with Gasteiger partial charge in [-0.25, -0.2) is 9.97 Å². The number of aryl methyl sites for hydroxylation is 1. The molecule has 94 valence electrons. The molecule has 0 aliphatic carbocycles. The molecule has 0 atom stereocenters. The average molecular weight is 306 g/mol. The van der Waals surface area contributed by atoms with Crippen molar-refractivity contribution in [1.82, 2.24) is 9.97 Å². The molecule has 0 saturated heterocycles. The van der Waals surface area contributed by atoms with Crippen LogP contribution in [0.5, 0.6) is 0 Å². The highest BCUT2D eigenvalue weighted by Crippen LogP contribution is 2.22. The van der Waals surface area contributed by atoms with E-state index in [2.05, 4.69) is 38.1 Å². The second kappa shape index (κ2) is 5.48. The molecule has 0 saturated carbocycles. The van der Waals surface area contributed by atoms with Crippen LogP contribution in [0.2, 0.25) is 0 Å². The third-order valence-corrected chi connectivity index (χ3v) is 3.36. The fourth-order valence-electron chi connectivity index (χ4n) is 1.70. The number of nitrogens with zero attached hydrogens (tertiary/aromatic N) is 2. The maximum Gasteiger partial charge on any atom is 0.161 e. The van der Waals surface area contributed by atoms with Crippen LogP contribution in [0.25, 0.3) is 11.4 Å². The van der Waals surface area contributed by atoms with Gasteiger partial charge in [0, 0.05) is 27.8 Å². The van der Waals surface area contributed by atoms with Gasteiger partial charge in [-0.1, -0.05) is 28.1 Å². The molecule has 0 radical (unpaired) electrons. The summed E-state index contributed by atoms with van der Waals surface area (Å²) in [6.45, 7) is 6.98. The maximum atomic E-state index is 4.59. The predicted molar refractivity (Wildman–Crippen MR) is 78.8 cm³/mol. The Hall–Kier alpha value is -1.42. The number of hydrogen-bond donors (Lipinski definition) is 1. The smallest absolute Gasteiger partial charge is 0.161 e. The van der Waals surface area contributed by atoms with Crippen LogP contribution < -0.4 is 5.32 Å². The highest BCUT2D eigenvalue weighted by atomic mass is 79.9. The van der Waals surface area contributed by atoms with Gasteiger partial charge in [-0.2, -0.15) is 0 Å². The second-order valence-corrected chi connectivity index (χ2v) is 5.06. The van der Waals surface area contributed by atoms with Crippen molar-refractivity contribution < 1.29 is 0 Å². The van der Waals surface area contributed by atoms with Gasteiger partial charge in [0.15, 0.2) is 5.82 Å². The van der Waals surface area contributed by atoms with Crippen molar-refractivity contribution >= 4 is 21.7 Å². The number of rotatable bonds is 3. The minimum atomic E-state index is 0.765. The monoisotopic (exact) mass is 305 g/mol. The van der Waals surface area contributed by atoms with Gasteiger partial charge in [-0.3, -0.25) is 0 Å². The van der Waals surface area contributed by atoms with Gasteiger partial charge in [0.05, 0.1) is 0 Å². The molecule has 0 spiro atoms. The summed E-state index contributed by atoms with van der Waals surface area (Å²) in [7, 11) is 0. The molecule has 1 N–H and O–H groups in total. The van der Waals surface area contributed by atoms with Crippen LogP contribution in [0.15, 0.2) is 28.7 Å². The molecule has 1 aromatic heterocycles. The Morgan fingerprint density at radius 1 is 1.11 bits per heavy atom. The van der Waals surface area contributed by atoms with E-state index in [0.29, 0.717) is 0 Å². The summed E-state index contributed by atoms with van der Waals surface area (Å²) in [4.78, 5) is 9.13. The fourth-order valence-corrected chi connectivity index (χ4v) is 1.96. The Morgan fingerprint density at radius 3 is 2.39 bits per heavy atom. The Labute approximate surface area is 116 Å². The van der Waals surface area contributed by atoms with E-state index in [-0.39, 0.29) is 0 Å². The molecule has 0 aliphatic heterocycles. The van der Waals surface area contributed by atoms with Gasteiger partial charge in [-0.05, 0) is 32.9 Å². The second-order valence-electron chi connectivity index (χ2n) is 4.14. The van der Waals surface area contributed by atoms with Crippen molar-refractivity contribution in [2.75, 3.05) is 11.9 Å². The minimum absolute atomic E-state index is 0.765. The summed E-state index contributed by atoms with van der Waals surface area (Å²) >= 11 is 3.43. The predicted octanol–water partition coefficient (Wildman–Crippen LogP) is 3.95. The lowest BCUT2D eigenvalue weighted by molar-refractivity contribution is 1.05. The summed E-state index contributed by atoms with van der Waals surface area (Å²) < 4.78 is 1.06. The zero-order valence-corrected chi connectivity index (χ0v) is 12.4. The lowest BCUT2D eigenvalue weighted by Crippen LogP contribution is -2.06. The SMILES string of the molecule is CCNc1nc(-c2ccc(Br)cc2)nc(C)c1C. The number of nitrogens with one attached hydrogen (secondary N) is 1. The van der Waals surface area contributed by atoms with E-state index >= 15 is 0 Å². The van der Waals surface area contributed by atoms with Crippen molar-refractivity contribution in [3.05, 3.63) is 40.0 Å². The number of hydrogen-bond acceptors (Lipinski definition) is 3. The third kappa shape index (κ3) is 2.70. The first-order valence-electron chi connectivity index (χ1n) is 5.97. The molecule has 2 aromatic rings. The van der Waals surface area contributed by atoms with E-state index in [1.165, 1.54) is 0 Å². The summed E-state index contributed by atoms with van der Waals surface area (Å²) in [6.07, 6.45) is 0. The highest BCUT2D eigenvalue weighted by Gasteiger charge is 2.08. The highest BCUT2D eigenvalue weighted by molar-refractivity contribution is 9.10. The van der Waals surface area contributed by atoms with Crippen LogP contribution in [0.4, 0.5) is 5.82 Å². The average Bonchev–Trinajstić information content (AvgIpc) is 2.36. The normalized spacial score (nSPS) is 10.4. The number of anilines is 1. The molecular formula is C14H16BrN3. The molecule has 0 unspecified atom stereocenters. The van der Waals surface area contributed by atoms with E-state index in [9.17, 15) is 0 Å². The van der Waals surface area contributed by atoms with Gasteiger partial charge in [0.1, 0.15) is 5.82 Å². The van der Waals surface area contributed by atoms with E-state index in [1.807, 2.05) is 38.1 Å². The molecule has 0 amide bonds. The largest absolute Gasteiger partial charge is 0.370 e. The topological polar surface area (TPSA) is 37.8 Å². The first-order valence-corrected chi connectivity index (χ1v) is 6.76. The Morgan fingerprint density at radius 2 is 1.78 bits per heavy atom. The number of halogens is 1. The summed E-state index contributed by atoms with van der Waals surface area (Å²) in [5.74, 6) is 1.68. The lowest BCUT2D eigenvalue weighted by atomic mass is 10.2. The molecule has 1 aromatic carbocycles. The molecule has 3 nitrogen and oxygen atoms in total. The lowest BCUT2D eigenvalue weighted by Gasteiger charge is -2.11. The van der Waals surface area contributed by atoms with Crippen molar-refractivity contribution in [3.8, 4) is 11.4 Å². The van der Waals surface area contributed by atoms with E-state index in [0.717, 1.165) is 39.5 Å². The quantitative estimate of drug-likeness (QED) is 0.933. The van der Waals surface area contributed by atoms with E-state index < -0.39 is 0 Å². The fraction of sp³-hybridized carbons (Fsp3) is 0.286. The van der Waals surface area contributed by atoms with Crippen LogP contribution in [0, 0.1) is 13.8 Å². The molecule has 2 rings (SSSR count). The molecule has 4 heteroatoms. The standard InChI is InChI=1S/C14H16BrN3/c1-4-16-13-9(2)10(3)17-14(18-13)11-5-7-12(15)8-6-11/h5-8H,4H2,1-3H3,(H,16,17,18). The molecule has 18 heavy (non-hydrogen) atoms. The maximum absolute atomic E-state index is 4.59. The van der Waals surface area contributed by atoms with Crippen LogP contribution in [0.3, 0.4) is 0 Å². The Bertz CT molecular complexity index is 550. The van der Waals surface area contributed by atoms with Gasteiger partial charge in [0.25, 0.3) is 0 Å². The molecular weight excluding hydrogens is 290 g/mol. The van der Waals surface area contributed by atoms with Crippen molar-refractivity contribution in [3.63, 3.8) is 0 Å². The van der Waals surface area contributed by atoms with E-state index in [4.69, 9.17) is 0 Å².